The largest absolute Gasteiger partial charge is 0.435 e. The Morgan fingerprint density at radius 3 is 2.50 bits per heavy atom. The molecule has 0 spiro atoms. The normalized spacial score (nSPS) is 23.1. The van der Waals surface area contributed by atoms with Gasteiger partial charge in [-0.2, -0.15) is 18.3 Å². The lowest BCUT2D eigenvalue weighted by Crippen LogP contribution is -2.39. The van der Waals surface area contributed by atoms with E-state index in [9.17, 15) is 18.0 Å². The Morgan fingerprint density at radius 1 is 1.11 bits per heavy atom. The zero-order valence-corrected chi connectivity index (χ0v) is 15.7. The molecule has 0 N–H and O–H groups in total. The van der Waals surface area contributed by atoms with E-state index < -0.39 is 11.9 Å². The summed E-state index contributed by atoms with van der Waals surface area (Å²) in [6.45, 7) is 1.74. The van der Waals surface area contributed by atoms with Crippen LogP contribution in [0.5, 0.6) is 0 Å². The number of halogens is 3. The van der Waals surface area contributed by atoms with E-state index in [2.05, 4.69) is 17.0 Å². The fraction of sp³-hybridized carbons (Fsp3) is 0.500. The molecule has 28 heavy (non-hydrogen) atoms. The van der Waals surface area contributed by atoms with Crippen molar-refractivity contribution in [2.45, 2.75) is 44.1 Å². The zero-order chi connectivity index (χ0) is 19.9. The maximum atomic E-state index is 12.9. The summed E-state index contributed by atoms with van der Waals surface area (Å²) in [5.74, 6) is 0.0194. The van der Waals surface area contributed by atoms with E-state index in [1.54, 1.807) is 24.3 Å². The number of nitrogens with zero attached hydrogens (tertiary/aromatic N) is 4. The molecule has 2 bridgehead atoms. The molecule has 2 aliphatic heterocycles. The quantitative estimate of drug-likeness (QED) is 0.805. The van der Waals surface area contributed by atoms with Crippen LogP contribution in [0.15, 0.2) is 36.5 Å². The van der Waals surface area contributed by atoms with E-state index in [0.717, 1.165) is 37.6 Å². The highest BCUT2D eigenvalue weighted by molar-refractivity contribution is 5.94. The van der Waals surface area contributed by atoms with E-state index in [1.165, 1.54) is 17.3 Å². The van der Waals surface area contributed by atoms with Gasteiger partial charge in [-0.1, -0.05) is 12.1 Å². The molecule has 2 atom stereocenters. The van der Waals surface area contributed by atoms with Gasteiger partial charge in [0.1, 0.15) is 0 Å². The van der Waals surface area contributed by atoms with Crippen LogP contribution in [-0.4, -0.2) is 57.7 Å². The van der Waals surface area contributed by atoms with Gasteiger partial charge in [0, 0.05) is 36.9 Å². The third kappa shape index (κ3) is 3.78. The number of likely N-dealkylation sites (tertiary alicyclic amines) is 1. The maximum Gasteiger partial charge on any atom is 0.435 e. The first-order valence-electron chi connectivity index (χ1n) is 9.52. The van der Waals surface area contributed by atoms with Crippen LogP contribution in [0.25, 0.3) is 0 Å². The summed E-state index contributed by atoms with van der Waals surface area (Å²) in [5, 5.41) is 3.56. The number of hydrogen-bond donors (Lipinski definition) is 0. The Hall–Kier alpha value is -2.35. The van der Waals surface area contributed by atoms with Crippen molar-refractivity contribution < 1.29 is 18.0 Å². The molecular weight excluding hydrogens is 369 g/mol. The highest BCUT2D eigenvalue weighted by Gasteiger charge is 2.36. The van der Waals surface area contributed by atoms with Crippen LogP contribution < -0.4 is 0 Å². The van der Waals surface area contributed by atoms with Crippen LogP contribution in [0.4, 0.5) is 13.2 Å². The number of amides is 1. The molecule has 8 heteroatoms. The van der Waals surface area contributed by atoms with Gasteiger partial charge in [-0.3, -0.25) is 14.4 Å². The molecule has 0 aliphatic carbocycles. The number of alkyl halides is 3. The molecule has 0 radical (unpaired) electrons. The Balaban J connectivity index is 1.41. The predicted molar refractivity (Wildman–Crippen MR) is 97.9 cm³/mol. The van der Waals surface area contributed by atoms with Crippen molar-refractivity contribution >= 4 is 5.91 Å². The predicted octanol–water partition coefficient (Wildman–Crippen LogP) is 3.26. The summed E-state index contributed by atoms with van der Waals surface area (Å²) >= 11 is 0. The number of carbonyl (C=O) groups excluding carboxylic acids is 1. The number of hydrogen-bond acceptors (Lipinski definition) is 3. The molecule has 150 valence electrons. The summed E-state index contributed by atoms with van der Waals surface area (Å²) in [6.07, 6.45) is 0.208. The van der Waals surface area contributed by atoms with Crippen LogP contribution in [-0.2, 0) is 12.7 Å². The Kier molecular flexibility index (Phi) is 4.91. The molecular formula is C20H23F3N4O. The number of rotatable bonds is 3. The lowest BCUT2D eigenvalue weighted by molar-refractivity contribution is -0.141. The van der Waals surface area contributed by atoms with Crippen molar-refractivity contribution in [2.75, 3.05) is 20.1 Å². The first kappa shape index (κ1) is 19.0. The fourth-order valence-corrected chi connectivity index (χ4v) is 4.22. The van der Waals surface area contributed by atoms with Gasteiger partial charge in [0.15, 0.2) is 5.69 Å². The van der Waals surface area contributed by atoms with Gasteiger partial charge in [-0.25, -0.2) is 0 Å². The van der Waals surface area contributed by atoms with E-state index >= 15 is 0 Å². The van der Waals surface area contributed by atoms with E-state index in [0.29, 0.717) is 17.6 Å². The Labute approximate surface area is 161 Å². The second kappa shape index (κ2) is 7.24. The van der Waals surface area contributed by atoms with Crippen molar-refractivity contribution in [1.29, 1.82) is 0 Å². The van der Waals surface area contributed by atoms with Crippen LogP contribution >= 0.6 is 0 Å². The zero-order valence-electron chi connectivity index (χ0n) is 15.7. The van der Waals surface area contributed by atoms with Crippen molar-refractivity contribution in [1.82, 2.24) is 19.6 Å². The molecule has 3 heterocycles. The summed E-state index contributed by atoms with van der Waals surface area (Å²) in [5.41, 5.74) is 0.503. The second-order valence-electron chi connectivity index (χ2n) is 7.68. The minimum absolute atomic E-state index is 0.0194. The second-order valence-corrected chi connectivity index (χ2v) is 7.68. The number of aromatic nitrogens is 2. The molecule has 1 aromatic carbocycles. The third-order valence-corrected chi connectivity index (χ3v) is 5.91. The standard InChI is InChI=1S/C20H23F3N4O/c1-25-16-6-7-17(25)13-26(10-8-16)19(28)15-4-2-14(3-5-15)12-27-11-9-18(24-27)20(21,22)23/h2-5,9,11,16-17H,6-8,10,12-13H2,1H3. The third-order valence-electron chi connectivity index (χ3n) is 5.91. The number of likely N-dealkylation sites (N-methyl/N-ethyl adjacent to an activating group) is 1. The highest BCUT2D eigenvalue weighted by atomic mass is 19.4. The number of fused-ring (bicyclic) bond motifs is 2. The minimum Gasteiger partial charge on any atom is -0.337 e. The molecule has 1 amide bonds. The summed E-state index contributed by atoms with van der Waals surface area (Å²) < 4.78 is 39.2. The first-order chi connectivity index (χ1) is 13.3. The smallest absolute Gasteiger partial charge is 0.337 e. The lowest BCUT2D eigenvalue weighted by Gasteiger charge is -2.26. The number of benzene rings is 1. The topological polar surface area (TPSA) is 41.4 Å². The average Bonchev–Trinajstić information content (AvgIpc) is 3.20. The van der Waals surface area contributed by atoms with Gasteiger partial charge in [-0.15, -0.1) is 0 Å². The van der Waals surface area contributed by atoms with Gasteiger partial charge >= 0.3 is 6.18 Å². The average molecular weight is 392 g/mol. The molecule has 1 aromatic heterocycles. The molecule has 2 fully saturated rings. The molecule has 4 rings (SSSR count). The van der Waals surface area contributed by atoms with Crippen molar-refractivity contribution in [2.24, 2.45) is 0 Å². The van der Waals surface area contributed by atoms with Gasteiger partial charge in [0.25, 0.3) is 5.91 Å². The maximum absolute atomic E-state index is 12.9. The molecule has 2 saturated heterocycles. The Morgan fingerprint density at radius 2 is 1.82 bits per heavy atom. The van der Waals surface area contributed by atoms with E-state index in [-0.39, 0.29) is 12.5 Å². The summed E-state index contributed by atoms with van der Waals surface area (Å²) in [7, 11) is 2.14. The lowest BCUT2D eigenvalue weighted by atomic mass is 10.1. The fourth-order valence-electron chi connectivity index (χ4n) is 4.22. The molecule has 5 nitrogen and oxygen atoms in total. The number of carbonyl (C=O) groups is 1. The SMILES string of the molecule is CN1C2CCC1CN(C(=O)c1ccc(Cn3ccc(C(F)(F)F)n3)cc1)CC2. The van der Waals surface area contributed by atoms with Crippen molar-refractivity contribution in [3.8, 4) is 0 Å². The van der Waals surface area contributed by atoms with Crippen molar-refractivity contribution in [3.05, 3.63) is 53.3 Å². The van der Waals surface area contributed by atoms with Crippen LogP contribution in [0.2, 0.25) is 0 Å². The van der Waals surface area contributed by atoms with Gasteiger partial charge in [-0.05, 0) is 50.1 Å². The van der Waals surface area contributed by atoms with Gasteiger partial charge < -0.3 is 4.90 Å². The molecule has 0 saturated carbocycles. The van der Waals surface area contributed by atoms with Crippen molar-refractivity contribution in [3.63, 3.8) is 0 Å². The van der Waals surface area contributed by atoms with E-state index in [1.807, 2.05) is 4.90 Å². The minimum atomic E-state index is -4.44. The summed E-state index contributed by atoms with van der Waals surface area (Å²) in [4.78, 5) is 17.2. The molecule has 2 aromatic rings. The van der Waals surface area contributed by atoms with Crippen LogP contribution in [0.1, 0.15) is 40.9 Å². The highest BCUT2D eigenvalue weighted by Crippen LogP contribution is 2.29. The Bertz CT molecular complexity index is 846. The monoisotopic (exact) mass is 392 g/mol. The van der Waals surface area contributed by atoms with Gasteiger partial charge in [0.2, 0.25) is 0 Å². The summed E-state index contributed by atoms with van der Waals surface area (Å²) in [6, 6.07) is 9.01. The molecule has 2 unspecified atom stereocenters. The van der Waals surface area contributed by atoms with Crippen LogP contribution in [0, 0.1) is 0 Å². The van der Waals surface area contributed by atoms with E-state index in [4.69, 9.17) is 0 Å². The van der Waals surface area contributed by atoms with Crippen LogP contribution in [0.3, 0.4) is 0 Å². The van der Waals surface area contributed by atoms with Gasteiger partial charge in [0.05, 0.1) is 6.54 Å². The first-order valence-corrected chi connectivity index (χ1v) is 9.52. The molecule has 2 aliphatic rings.